The van der Waals surface area contributed by atoms with E-state index < -0.39 is 29.6 Å². The second-order valence-corrected chi connectivity index (χ2v) is 6.83. The summed E-state index contributed by atoms with van der Waals surface area (Å²) in [5, 5.41) is 3.42. The summed E-state index contributed by atoms with van der Waals surface area (Å²) < 4.78 is 32.5. The number of hydrogen-bond acceptors (Lipinski definition) is 5. The van der Waals surface area contributed by atoms with Gasteiger partial charge in [0.2, 0.25) is 0 Å². The van der Waals surface area contributed by atoms with Crippen LogP contribution in [0, 0.1) is 11.6 Å². The van der Waals surface area contributed by atoms with Crippen LogP contribution in [0.5, 0.6) is 0 Å². The van der Waals surface area contributed by atoms with Gasteiger partial charge in [-0.25, -0.2) is 18.6 Å². The lowest BCUT2D eigenvalue weighted by atomic mass is 10.1. The number of amides is 1. The number of halogens is 2. The van der Waals surface area contributed by atoms with Gasteiger partial charge in [0, 0.05) is 23.6 Å². The maximum atomic E-state index is 14.0. The first-order valence-corrected chi connectivity index (χ1v) is 9.61. The van der Waals surface area contributed by atoms with E-state index >= 15 is 0 Å². The lowest BCUT2D eigenvalue weighted by Crippen LogP contribution is -2.43. The largest absolute Gasteiger partial charge is 0.464 e. The molecule has 9 heteroatoms. The Morgan fingerprint density at radius 2 is 2.03 bits per heavy atom. The van der Waals surface area contributed by atoms with E-state index in [1.54, 1.807) is 37.4 Å². The highest BCUT2D eigenvalue weighted by atomic mass is 19.2. The number of imidazole rings is 1. The average molecular weight is 424 g/mol. The molecule has 2 aromatic heterocycles. The van der Waals surface area contributed by atoms with Gasteiger partial charge in [-0.3, -0.25) is 9.78 Å². The molecule has 31 heavy (non-hydrogen) atoms. The van der Waals surface area contributed by atoms with Crippen LogP contribution < -0.4 is 5.32 Å². The molecule has 0 fully saturated rings. The van der Waals surface area contributed by atoms with E-state index in [2.05, 4.69) is 20.3 Å². The SMILES string of the molecule is CCOC(=O)C(Cc1nc2c(F)c(F)ccc2[nH]1)NC(=O)c1ccc2ncccc2c1. The van der Waals surface area contributed by atoms with Crippen LogP contribution in [0.3, 0.4) is 0 Å². The third-order valence-corrected chi connectivity index (χ3v) is 4.73. The van der Waals surface area contributed by atoms with Gasteiger partial charge in [0.1, 0.15) is 17.4 Å². The Morgan fingerprint density at radius 3 is 2.84 bits per heavy atom. The molecule has 158 valence electrons. The molecule has 0 spiro atoms. The zero-order chi connectivity index (χ0) is 22.0. The van der Waals surface area contributed by atoms with Gasteiger partial charge in [0.25, 0.3) is 5.91 Å². The number of carbonyl (C=O) groups excluding carboxylic acids is 2. The molecule has 7 nitrogen and oxygen atoms in total. The van der Waals surface area contributed by atoms with E-state index in [1.807, 2.05) is 6.07 Å². The zero-order valence-corrected chi connectivity index (χ0v) is 16.5. The number of hydrogen-bond donors (Lipinski definition) is 2. The van der Waals surface area contributed by atoms with E-state index in [1.165, 1.54) is 6.07 Å². The lowest BCUT2D eigenvalue weighted by molar-refractivity contribution is -0.145. The quantitative estimate of drug-likeness (QED) is 0.463. The van der Waals surface area contributed by atoms with Gasteiger partial charge in [-0.05, 0) is 43.3 Å². The van der Waals surface area contributed by atoms with Crippen molar-refractivity contribution in [3.05, 3.63) is 71.7 Å². The Balaban J connectivity index is 1.59. The number of nitrogens with zero attached hydrogens (tertiary/aromatic N) is 2. The maximum Gasteiger partial charge on any atom is 0.329 e. The Labute approximate surface area is 175 Å². The number of ether oxygens (including phenoxy) is 1. The van der Waals surface area contributed by atoms with Crippen LogP contribution in [-0.4, -0.2) is 39.5 Å². The second-order valence-electron chi connectivity index (χ2n) is 6.83. The van der Waals surface area contributed by atoms with Crippen molar-refractivity contribution in [2.75, 3.05) is 6.61 Å². The van der Waals surface area contributed by atoms with Crippen molar-refractivity contribution in [1.29, 1.82) is 0 Å². The molecule has 4 aromatic rings. The number of rotatable bonds is 6. The number of H-pyrrole nitrogens is 1. The molecule has 2 aromatic carbocycles. The van der Waals surface area contributed by atoms with Gasteiger partial charge in [-0.15, -0.1) is 0 Å². The highest BCUT2D eigenvalue weighted by Gasteiger charge is 2.25. The van der Waals surface area contributed by atoms with Crippen LogP contribution in [0.25, 0.3) is 21.9 Å². The summed E-state index contributed by atoms with van der Waals surface area (Å²) in [6.07, 6.45) is 1.57. The predicted molar refractivity (Wildman–Crippen MR) is 109 cm³/mol. The van der Waals surface area contributed by atoms with Crippen molar-refractivity contribution in [2.24, 2.45) is 0 Å². The minimum atomic E-state index is -1.08. The highest BCUT2D eigenvalue weighted by molar-refractivity contribution is 5.99. The van der Waals surface area contributed by atoms with Crippen LogP contribution in [0.1, 0.15) is 23.1 Å². The van der Waals surface area contributed by atoms with E-state index in [-0.39, 0.29) is 29.9 Å². The molecule has 0 bridgehead atoms. The average Bonchev–Trinajstić information content (AvgIpc) is 3.19. The fraction of sp³-hybridized carbons (Fsp3) is 0.182. The predicted octanol–water partition coefficient (Wildman–Crippen LogP) is 3.29. The van der Waals surface area contributed by atoms with Gasteiger partial charge < -0.3 is 15.0 Å². The molecule has 2 N–H and O–H groups in total. The van der Waals surface area contributed by atoms with Crippen molar-refractivity contribution in [3.63, 3.8) is 0 Å². The minimum Gasteiger partial charge on any atom is -0.464 e. The van der Waals surface area contributed by atoms with Crippen molar-refractivity contribution in [2.45, 2.75) is 19.4 Å². The normalized spacial score (nSPS) is 12.1. The summed E-state index contributed by atoms with van der Waals surface area (Å²) in [7, 11) is 0. The molecule has 1 atom stereocenters. The summed E-state index contributed by atoms with van der Waals surface area (Å²) in [6, 6.07) is 9.82. The number of aromatic amines is 1. The molecule has 1 amide bonds. The monoisotopic (exact) mass is 424 g/mol. The van der Waals surface area contributed by atoms with E-state index in [4.69, 9.17) is 4.74 Å². The number of carbonyl (C=O) groups is 2. The fourth-order valence-electron chi connectivity index (χ4n) is 3.25. The first-order valence-electron chi connectivity index (χ1n) is 9.61. The molecule has 0 aliphatic carbocycles. The number of nitrogens with one attached hydrogen (secondary N) is 2. The smallest absolute Gasteiger partial charge is 0.329 e. The highest BCUT2D eigenvalue weighted by Crippen LogP contribution is 2.19. The first-order chi connectivity index (χ1) is 15.0. The van der Waals surface area contributed by atoms with Crippen LogP contribution in [0.2, 0.25) is 0 Å². The van der Waals surface area contributed by atoms with Gasteiger partial charge in [0.05, 0.1) is 17.6 Å². The summed E-state index contributed by atoms with van der Waals surface area (Å²) >= 11 is 0. The Bertz CT molecular complexity index is 1290. The van der Waals surface area contributed by atoms with E-state index in [0.29, 0.717) is 5.56 Å². The lowest BCUT2D eigenvalue weighted by Gasteiger charge is -2.16. The van der Waals surface area contributed by atoms with Gasteiger partial charge >= 0.3 is 5.97 Å². The van der Waals surface area contributed by atoms with Crippen molar-refractivity contribution in [3.8, 4) is 0 Å². The van der Waals surface area contributed by atoms with Gasteiger partial charge in [0.15, 0.2) is 11.6 Å². The van der Waals surface area contributed by atoms with Gasteiger partial charge in [-0.2, -0.15) is 0 Å². The fourth-order valence-corrected chi connectivity index (χ4v) is 3.25. The molecule has 0 saturated carbocycles. The van der Waals surface area contributed by atoms with E-state index in [0.717, 1.165) is 17.0 Å². The van der Waals surface area contributed by atoms with Crippen molar-refractivity contribution in [1.82, 2.24) is 20.3 Å². The molecule has 0 saturated heterocycles. The number of fused-ring (bicyclic) bond motifs is 2. The number of aromatic nitrogens is 3. The second kappa shape index (κ2) is 8.47. The minimum absolute atomic E-state index is 0.0878. The van der Waals surface area contributed by atoms with Crippen LogP contribution in [-0.2, 0) is 16.0 Å². The Morgan fingerprint density at radius 1 is 1.19 bits per heavy atom. The Hall–Kier alpha value is -3.88. The summed E-state index contributed by atoms with van der Waals surface area (Å²) in [5.74, 6) is -3.05. The summed E-state index contributed by atoms with van der Waals surface area (Å²) in [5.41, 5.74) is 1.18. The molecular weight excluding hydrogens is 406 g/mol. The topological polar surface area (TPSA) is 97.0 Å². The van der Waals surface area contributed by atoms with Crippen molar-refractivity contribution < 1.29 is 23.1 Å². The van der Waals surface area contributed by atoms with E-state index in [9.17, 15) is 18.4 Å². The van der Waals surface area contributed by atoms with Crippen LogP contribution >= 0.6 is 0 Å². The zero-order valence-electron chi connectivity index (χ0n) is 16.5. The molecule has 4 rings (SSSR count). The maximum absolute atomic E-state index is 14.0. The number of benzene rings is 2. The van der Waals surface area contributed by atoms with Crippen molar-refractivity contribution >= 4 is 33.8 Å². The van der Waals surface area contributed by atoms with Crippen LogP contribution in [0.15, 0.2) is 48.7 Å². The third-order valence-electron chi connectivity index (χ3n) is 4.73. The standard InChI is InChI=1S/C22H18F2N4O3/c1-2-31-22(30)17(11-18-26-16-8-6-14(23)19(24)20(16)28-18)27-21(29)13-5-7-15-12(10-13)4-3-9-25-15/h3-10,17H,2,11H2,1H3,(H,26,28)(H,27,29). The molecule has 0 aliphatic heterocycles. The molecule has 0 radical (unpaired) electrons. The molecule has 2 heterocycles. The third kappa shape index (κ3) is 4.20. The summed E-state index contributed by atoms with van der Waals surface area (Å²) in [4.78, 5) is 36.3. The molecule has 1 unspecified atom stereocenters. The first kappa shape index (κ1) is 20.4. The number of esters is 1. The molecule has 0 aliphatic rings. The Kier molecular flexibility index (Phi) is 5.57. The van der Waals surface area contributed by atoms with Crippen LogP contribution in [0.4, 0.5) is 8.78 Å². The number of pyridine rings is 1. The van der Waals surface area contributed by atoms with Gasteiger partial charge in [-0.1, -0.05) is 6.07 Å². The summed E-state index contributed by atoms with van der Waals surface area (Å²) in [6.45, 7) is 1.76. The molecular formula is C22H18F2N4O3.